The first-order valence-electron chi connectivity index (χ1n) is 8.01. The molecule has 2 rings (SSSR count). The van der Waals surface area contributed by atoms with Crippen LogP contribution in [0.5, 0.6) is 0 Å². The summed E-state index contributed by atoms with van der Waals surface area (Å²) in [5.41, 5.74) is -0.516. The number of aryl methyl sites for hydroxylation is 2. The Morgan fingerprint density at radius 2 is 1.52 bits per heavy atom. The molecule has 2 N–H and O–H groups in total. The molecule has 29 heavy (non-hydrogen) atoms. The van der Waals surface area contributed by atoms with E-state index in [1.54, 1.807) is 6.92 Å². The predicted octanol–water partition coefficient (Wildman–Crippen LogP) is 4.46. The number of rotatable bonds is 5. The molecule has 2 aromatic rings. The van der Waals surface area contributed by atoms with Gasteiger partial charge in [-0.1, -0.05) is 17.7 Å². The van der Waals surface area contributed by atoms with Crippen LogP contribution in [0.3, 0.4) is 0 Å². The van der Waals surface area contributed by atoms with Crippen LogP contribution in [0.4, 0.5) is 24.5 Å². The molecule has 2 aromatic carbocycles. The lowest BCUT2D eigenvalue weighted by Crippen LogP contribution is -2.19. The third kappa shape index (κ3) is 5.34. The number of benzene rings is 2. The van der Waals surface area contributed by atoms with Crippen LogP contribution < -0.4 is 9.44 Å². The quantitative estimate of drug-likeness (QED) is 0.675. The maximum Gasteiger partial charge on any atom is 0.417 e. The highest BCUT2D eigenvalue weighted by Crippen LogP contribution is 2.37. The molecule has 0 atom stereocenters. The first-order valence-corrected chi connectivity index (χ1v) is 11.8. The van der Waals surface area contributed by atoms with E-state index in [1.807, 2.05) is 0 Å². The molecule has 0 fully saturated rings. The first-order chi connectivity index (χ1) is 13.0. The Kier molecular flexibility index (Phi) is 6.18. The van der Waals surface area contributed by atoms with Gasteiger partial charge in [-0.05, 0) is 55.7 Å². The van der Waals surface area contributed by atoms with Crippen LogP contribution in [0.25, 0.3) is 0 Å². The predicted molar refractivity (Wildman–Crippen MR) is 106 cm³/mol. The number of anilines is 2. The van der Waals surface area contributed by atoms with Crippen molar-refractivity contribution in [2.75, 3.05) is 15.7 Å². The van der Waals surface area contributed by atoms with E-state index >= 15 is 0 Å². The standard InChI is InChI=1S/C17H18ClF3N2O4S2/c1-9-7-10(2)16(11(3)15(9)23-28(4,24)25)29(26,27)22-12-5-6-14(18)13(8-12)17(19,20)21/h5-8,22-23H,1-4H3. The molecule has 0 spiro atoms. The summed E-state index contributed by atoms with van der Waals surface area (Å²) in [6.45, 7) is 4.51. The van der Waals surface area contributed by atoms with Crippen molar-refractivity contribution in [2.45, 2.75) is 31.8 Å². The van der Waals surface area contributed by atoms with Gasteiger partial charge in [0.25, 0.3) is 10.0 Å². The Morgan fingerprint density at radius 3 is 2.03 bits per heavy atom. The lowest BCUT2D eigenvalue weighted by molar-refractivity contribution is -0.137. The monoisotopic (exact) mass is 470 g/mol. The highest BCUT2D eigenvalue weighted by atomic mass is 35.5. The first kappa shape index (κ1) is 23.3. The fraction of sp³-hybridized carbons (Fsp3) is 0.294. The fourth-order valence-electron chi connectivity index (χ4n) is 2.94. The summed E-state index contributed by atoms with van der Waals surface area (Å²) in [6, 6.07) is 4.10. The highest BCUT2D eigenvalue weighted by molar-refractivity contribution is 7.93. The Balaban J connectivity index is 2.59. The van der Waals surface area contributed by atoms with E-state index in [9.17, 15) is 30.0 Å². The number of hydrogen-bond donors (Lipinski definition) is 2. The second kappa shape index (κ2) is 7.69. The third-order valence-corrected chi connectivity index (χ3v) is 6.56. The topological polar surface area (TPSA) is 92.3 Å². The molecule has 0 aliphatic carbocycles. The van der Waals surface area contributed by atoms with Crippen molar-refractivity contribution >= 4 is 43.0 Å². The zero-order chi connectivity index (χ0) is 22.4. The van der Waals surface area contributed by atoms with Gasteiger partial charge in [-0.15, -0.1) is 0 Å². The van der Waals surface area contributed by atoms with Gasteiger partial charge in [0.2, 0.25) is 10.0 Å². The van der Waals surface area contributed by atoms with E-state index in [-0.39, 0.29) is 21.8 Å². The molecule has 0 heterocycles. The minimum absolute atomic E-state index is 0.0885. The summed E-state index contributed by atoms with van der Waals surface area (Å²) in [5.74, 6) is 0. The molecule has 0 aliphatic rings. The van der Waals surface area contributed by atoms with E-state index in [0.717, 1.165) is 18.4 Å². The van der Waals surface area contributed by atoms with E-state index < -0.39 is 36.8 Å². The van der Waals surface area contributed by atoms with Gasteiger partial charge in [0.05, 0.1) is 27.4 Å². The molecule has 0 saturated carbocycles. The highest BCUT2D eigenvalue weighted by Gasteiger charge is 2.34. The Morgan fingerprint density at radius 1 is 0.931 bits per heavy atom. The Labute approximate surface area is 172 Å². The Hall–Kier alpha value is -1.98. The van der Waals surface area contributed by atoms with E-state index in [4.69, 9.17) is 11.6 Å². The van der Waals surface area contributed by atoms with Crippen molar-refractivity contribution in [1.82, 2.24) is 0 Å². The van der Waals surface area contributed by atoms with Crippen molar-refractivity contribution in [3.8, 4) is 0 Å². The van der Waals surface area contributed by atoms with E-state index in [0.29, 0.717) is 17.2 Å². The van der Waals surface area contributed by atoms with Gasteiger partial charge in [0, 0.05) is 5.69 Å². The number of halogens is 4. The van der Waals surface area contributed by atoms with Crippen LogP contribution in [0.2, 0.25) is 5.02 Å². The minimum Gasteiger partial charge on any atom is -0.283 e. The van der Waals surface area contributed by atoms with Crippen molar-refractivity contribution in [3.05, 3.63) is 51.5 Å². The summed E-state index contributed by atoms with van der Waals surface area (Å²) in [4.78, 5) is -0.238. The SMILES string of the molecule is Cc1cc(C)c(S(=O)(=O)Nc2ccc(Cl)c(C(F)(F)F)c2)c(C)c1NS(C)(=O)=O. The summed E-state index contributed by atoms with van der Waals surface area (Å²) in [5, 5.41) is -0.567. The molecule has 0 saturated heterocycles. The van der Waals surface area contributed by atoms with E-state index in [1.165, 1.54) is 19.9 Å². The average molecular weight is 471 g/mol. The van der Waals surface area contributed by atoms with Crippen molar-refractivity contribution in [3.63, 3.8) is 0 Å². The lowest BCUT2D eigenvalue weighted by Gasteiger charge is -2.19. The molecule has 12 heteroatoms. The molecule has 0 aliphatic heterocycles. The van der Waals surface area contributed by atoms with Crippen LogP contribution in [-0.2, 0) is 26.2 Å². The maximum absolute atomic E-state index is 13.0. The summed E-state index contributed by atoms with van der Waals surface area (Å²) in [6.07, 6.45) is -3.84. The molecule has 160 valence electrons. The summed E-state index contributed by atoms with van der Waals surface area (Å²) < 4.78 is 92.5. The number of alkyl halides is 3. The van der Waals surface area contributed by atoms with Crippen LogP contribution in [-0.4, -0.2) is 23.1 Å². The van der Waals surface area contributed by atoms with Gasteiger partial charge >= 0.3 is 6.18 Å². The van der Waals surface area contributed by atoms with Crippen molar-refractivity contribution < 1.29 is 30.0 Å². The molecule has 0 radical (unpaired) electrons. The van der Waals surface area contributed by atoms with Gasteiger partial charge in [0.15, 0.2) is 0 Å². The van der Waals surface area contributed by atoms with Gasteiger partial charge in [-0.25, -0.2) is 16.8 Å². The third-order valence-electron chi connectivity index (χ3n) is 3.98. The van der Waals surface area contributed by atoms with Gasteiger partial charge < -0.3 is 0 Å². The Bertz CT molecular complexity index is 1180. The average Bonchev–Trinajstić information content (AvgIpc) is 2.50. The fourth-order valence-corrected chi connectivity index (χ4v) is 5.37. The zero-order valence-electron chi connectivity index (χ0n) is 15.8. The molecule has 0 aromatic heterocycles. The van der Waals surface area contributed by atoms with Crippen LogP contribution in [0.15, 0.2) is 29.2 Å². The summed E-state index contributed by atoms with van der Waals surface area (Å²) >= 11 is 5.56. The number of hydrogen-bond acceptors (Lipinski definition) is 4. The molecule has 0 unspecified atom stereocenters. The second-order valence-corrected chi connectivity index (χ2v) is 10.3. The van der Waals surface area contributed by atoms with Gasteiger partial charge in [-0.2, -0.15) is 13.2 Å². The van der Waals surface area contributed by atoms with Crippen LogP contribution in [0, 0.1) is 20.8 Å². The molecule has 6 nitrogen and oxygen atoms in total. The lowest BCUT2D eigenvalue weighted by atomic mass is 10.1. The zero-order valence-corrected chi connectivity index (χ0v) is 18.2. The molecule has 0 bridgehead atoms. The van der Waals surface area contributed by atoms with Crippen molar-refractivity contribution in [2.24, 2.45) is 0 Å². The van der Waals surface area contributed by atoms with Crippen LogP contribution >= 0.6 is 11.6 Å². The van der Waals surface area contributed by atoms with Crippen molar-refractivity contribution in [1.29, 1.82) is 0 Å². The van der Waals surface area contributed by atoms with Gasteiger partial charge in [0.1, 0.15) is 0 Å². The molecule has 0 amide bonds. The molecular formula is C17H18ClF3N2O4S2. The number of sulfonamides is 2. The number of nitrogens with one attached hydrogen (secondary N) is 2. The van der Waals surface area contributed by atoms with Gasteiger partial charge in [-0.3, -0.25) is 9.44 Å². The normalized spacial score (nSPS) is 12.7. The minimum atomic E-state index is -4.76. The smallest absolute Gasteiger partial charge is 0.283 e. The largest absolute Gasteiger partial charge is 0.417 e. The van der Waals surface area contributed by atoms with Crippen LogP contribution in [0.1, 0.15) is 22.3 Å². The van der Waals surface area contributed by atoms with E-state index in [2.05, 4.69) is 9.44 Å². The second-order valence-electron chi connectivity index (χ2n) is 6.51. The summed E-state index contributed by atoms with van der Waals surface area (Å²) in [7, 11) is -8.03. The maximum atomic E-state index is 13.0. The molecular weight excluding hydrogens is 453 g/mol.